The number of methoxy groups -OCH3 is 1. The molecular weight excluding hydrogens is 472 g/mol. The first-order valence-corrected chi connectivity index (χ1v) is 12.4. The van der Waals surface area contributed by atoms with Crippen molar-refractivity contribution in [2.45, 2.75) is 19.0 Å². The van der Waals surface area contributed by atoms with E-state index in [4.69, 9.17) is 9.84 Å². The molecule has 1 aliphatic heterocycles. The van der Waals surface area contributed by atoms with E-state index in [1.54, 1.807) is 13.2 Å². The highest BCUT2D eigenvalue weighted by molar-refractivity contribution is 7.16. The molecule has 8 heteroatoms. The van der Waals surface area contributed by atoms with Gasteiger partial charge in [-0.25, -0.2) is 9.99 Å². The van der Waals surface area contributed by atoms with Gasteiger partial charge < -0.3 is 4.74 Å². The predicted octanol–water partition coefficient (Wildman–Crippen LogP) is 5.00. The smallest absolute Gasteiger partial charge is 0.263 e. The third kappa shape index (κ3) is 3.95. The Labute approximate surface area is 210 Å². The Balaban J connectivity index is 1.37. The van der Waals surface area contributed by atoms with Gasteiger partial charge in [0.2, 0.25) is 0 Å². The molecule has 0 saturated carbocycles. The first-order valence-electron chi connectivity index (χ1n) is 11.6. The number of aromatic nitrogens is 2. The van der Waals surface area contributed by atoms with Gasteiger partial charge in [-0.3, -0.25) is 14.2 Å². The Bertz CT molecular complexity index is 1690. The zero-order valence-electron chi connectivity index (χ0n) is 19.5. The summed E-state index contributed by atoms with van der Waals surface area (Å²) in [5.41, 5.74) is 2.52. The van der Waals surface area contributed by atoms with Crippen LogP contribution < -0.4 is 10.3 Å². The van der Waals surface area contributed by atoms with Gasteiger partial charge in [0.05, 0.1) is 30.6 Å². The van der Waals surface area contributed by atoms with Crippen LogP contribution in [0.3, 0.4) is 0 Å². The Kier molecular flexibility index (Phi) is 5.58. The summed E-state index contributed by atoms with van der Waals surface area (Å²) >= 11 is 1.40. The number of hydrogen-bond donors (Lipinski definition) is 0. The van der Waals surface area contributed by atoms with Crippen LogP contribution in [0.5, 0.6) is 5.75 Å². The van der Waals surface area contributed by atoms with Crippen molar-refractivity contribution in [3.05, 3.63) is 106 Å². The summed E-state index contributed by atoms with van der Waals surface area (Å²) in [5, 5.41) is 10.9. The number of hydrazone groups is 1. The van der Waals surface area contributed by atoms with Crippen molar-refractivity contribution in [1.29, 1.82) is 0 Å². The van der Waals surface area contributed by atoms with Gasteiger partial charge in [-0.15, -0.1) is 11.3 Å². The van der Waals surface area contributed by atoms with Crippen molar-refractivity contribution < 1.29 is 9.53 Å². The van der Waals surface area contributed by atoms with Crippen LogP contribution in [0.2, 0.25) is 0 Å². The van der Waals surface area contributed by atoms with Crippen LogP contribution in [0.15, 0.2) is 94.4 Å². The van der Waals surface area contributed by atoms with Crippen molar-refractivity contribution in [1.82, 2.24) is 14.6 Å². The zero-order chi connectivity index (χ0) is 24.6. The van der Waals surface area contributed by atoms with Crippen molar-refractivity contribution >= 4 is 43.9 Å². The lowest BCUT2D eigenvalue weighted by Gasteiger charge is -2.22. The third-order valence-corrected chi connectivity index (χ3v) is 7.33. The Morgan fingerprint density at radius 1 is 1.06 bits per heavy atom. The number of carbonyl (C=O) groups excluding carboxylic acids is 1. The second-order valence-corrected chi connectivity index (χ2v) is 9.55. The number of amides is 1. The fourth-order valence-electron chi connectivity index (χ4n) is 4.59. The highest BCUT2D eigenvalue weighted by Crippen LogP contribution is 2.34. The molecule has 0 bridgehead atoms. The summed E-state index contributed by atoms with van der Waals surface area (Å²) in [6.45, 7) is -0.140. The first-order chi connectivity index (χ1) is 17.6. The minimum atomic E-state index is -0.293. The van der Waals surface area contributed by atoms with Gasteiger partial charge in [-0.2, -0.15) is 5.10 Å². The molecule has 1 amide bonds. The third-order valence-electron chi connectivity index (χ3n) is 6.51. The maximum atomic E-state index is 13.5. The van der Waals surface area contributed by atoms with E-state index >= 15 is 0 Å². The van der Waals surface area contributed by atoms with Crippen LogP contribution in [0, 0.1) is 0 Å². The van der Waals surface area contributed by atoms with E-state index in [2.05, 4.69) is 29.2 Å². The van der Waals surface area contributed by atoms with Crippen LogP contribution in [-0.2, 0) is 11.3 Å². The molecule has 7 nitrogen and oxygen atoms in total. The van der Waals surface area contributed by atoms with Crippen molar-refractivity contribution in [3.63, 3.8) is 0 Å². The lowest BCUT2D eigenvalue weighted by atomic mass is 9.97. The maximum absolute atomic E-state index is 13.5. The number of nitrogens with zero attached hydrogens (tertiary/aromatic N) is 4. The summed E-state index contributed by atoms with van der Waals surface area (Å²) in [6, 6.07) is 23.5. The molecule has 5 aromatic rings. The largest absolute Gasteiger partial charge is 0.497 e. The zero-order valence-corrected chi connectivity index (χ0v) is 20.3. The van der Waals surface area contributed by atoms with E-state index in [9.17, 15) is 9.59 Å². The molecule has 36 heavy (non-hydrogen) atoms. The normalized spacial score (nSPS) is 15.4. The molecule has 1 unspecified atom stereocenters. The summed E-state index contributed by atoms with van der Waals surface area (Å²) in [6.07, 6.45) is 2.00. The van der Waals surface area contributed by atoms with Crippen LogP contribution in [0.25, 0.3) is 21.0 Å². The first kappa shape index (κ1) is 22.2. The van der Waals surface area contributed by atoms with Gasteiger partial charge in [-0.05, 0) is 51.5 Å². The predicted molar refractivity (Wildman–Crippen MR) is 142 cm³/mol. The van der Waals surface area contributed by atoms with Crippen molar-refractivity contribution in [2.75, 3.05) is 7.11 Å². The Morgan fingerprint density at radius 2 is 1.86 bits per heavy atom. The van der Waals surface area contributed by atoms with Gasteiger partial charge in [-0.1, -0.05) is 48.5 Å². The molecular formula is C28H22N4O3S. The molecule has 0 saturated heterocycles. The molecule has 0 fully saturated rings. The molecule has 3 aromatic carbocycles. The average molecular weight is 495 g/mol. The molecule has 178 valence electrons. The molecule has 1 aliphatic rings. The summed E-state index contributed by atoms with van der Waals surface area (Å²) in [4.78, 5) is 31.4. The van der Waals surface area contributed by atoms with Crippen LogP contribution >= 0.6 is 11.3 Å². The Hall–Kier alpha value is -4.30. The fraction of sp³-hybridized carbons (Fsp3) is 0.143. The highest BCUT2D eigenvalue weighted by Gasteiger charge is 2.33. The molecule has 0 spiro atoms. The van der Waals surface area contributed by atoms with Crippen LogP contribution in [-0.4, -0.2) is 33.3 Å². The standard InChI is InChI=1S/C28H22N4O3S/c1-35-22-10-8-19(9-11-22)25-15-24(21-7-6-18-4-2-3-5-20(18)14-21)30-32(25)26(33)16-31-17-29-27-23(28(31)34)12-13-36-27/h2-14,17,25H,15-16H2,1H3. The molecule has 6 rings (SSSR count). The summed E-state index contributed by atoms with van der Waals surface area (Å²) in [5.74, 6) is 0.470. The van der Waals surface area contributed by atoms with Gasteiger partial charge in [0.25, 0.3) is 11.5 Å². The summed E-state index contributed by atoms with van der Waals surface area (Å²) < 4.78 is 6.66. The van der Waals surface area contributed by atoms with Gasteiger partial charge >= 0.3 is 0 Å². The van der Waals surface area contributed by atoms with Crippen molar-refractivity contribution in [2.24, 2.45) is 5.10 Å². The average Bonchev–Trinajstić information content (AvgIpc) is 3.58. The number of ether oxygens (including phenoxy) is 1. The molecule has 1 atom stereocenters. The SMILES string of the molecule is COc1ccc(C2CC(c3ccc4ccccc4c3)=NN2C(=O)Cn2cnc3sccc3c2=O)cc1. The van der Waals surface area contributed by atoms with Crippen LogP contribution in [0.4, 0.5) is 0 Å². The van der Waals surface area contributed by atoms with E-state index < -0.39 is 0 Å². The van der Waals surface area contributed by atoms with E-state index in [0.29, 0.717) is 16.6 Å². The minimum Gasteiger partial charge on any atom is -0.497 e. The minimum absolute atomic E-state index is 0.140. The highest BCUT2D eigenvalue weighted by atomic mass is 32.1. The molecule has 3 heterocycles. The van der Waals surface area contributed by atoms with E-state index in [1.807, 2.05) is 47.8 Å². The lowest BCUT2D eigenvalue weighted by Crippen LogP contribution is -2.33. The monoisotopic (exact) mass is 494 g/mol. The fourth-order valence-corrected chi connectivity index (χ4v) is 5.32. The number of rotatable bonds is 5. The summed E-state index contributed by atoms with van der Waals surface area (Å²) in [7, 11) is 1.62. The van der Waals surface area contributed by atoms with Crippen LogP contribution in [0.1, 0.15) is 23.6 Å². The number of fused-ring (bicyclic) bond motifs is 2. The second kappa shape index (κ2) is 9.05. The van der Waals surface area contributed by atoms with Gasteiger partial charge in [0.15, 0.2) is 0 Å². The van der Waals surface area contributed by atoms with Crippen molar-refractivity contribution in [3.8, 4) is 5.75 Å². The quantitative estimate of drug-likeness (QED) is 0.345. The maximum Gasteiger partial charge on any atom is 0.263 e. The number of thiophene rings is 1. The molecule has 0 N–H and O–H groups in total. The molecule has 0 radical (unpaired) electrons. The lowest BCUT2D eigenvalue weighted by molar-refractivity contribution is -0.133. The number of benzene rings is 3. The van der Waals surface area contributed by atoms with E-state index in [1.165, 1.54) is 27.2 Å². The number of hydrogen-bond acceptors (Lipinski definition) is 6. The second-order valence-electron chi connectivity index (χ2n) is 8.66. The topological polar surface area (TPSA) is 76.8 Å². The number of carbonyl (C=O) groups is 1. The van der Waals surface area contributed by atoms with Gasteiger partial charge in [0.1, 0.15) is 17.1 Å². The molecule has 2 aromatic heterocycles. The Morgan fingerprint density at radius 3 is 2.67 bits per heavy atom. The van der Waals surface area contributed by atoms with E-state index in [-0.39, 0.29) is 24.1 Å². The molecule has 0 aliphatic carbocycles. The van der Waals surface area contributed by atoms with E-state index in [0.717, 1.165) is 33.4 Å². The van der Waals surface area contributed by atoms with Gasteiger partial charge in [0, 0.05) is 6.42 Å².